The third-order valence-electron chi connectivity index (χ3n) is 3.40. The maximum absolute atomic E-state index is 6.00. The van der Waals surface area contributed by atoms with Crippen LogP contribution in [0.4, 0.5) is 0 Å². The van der Waals surface area contributed by atoms with E-state index >= 15 is 0 Å². The van der Waals surface area contributed by atoms with Crippen molar-refractivity contribution in [2.45, 2.75) is 19.5 Å². The van der Waals surface area contributed by atoms with Gasteiger partial charge in [0.2, 0.25) is 0 Å². The molecule has 0 bridgehead atoms. The van der Waals surface area contributed by atoms with E-state index in [0.29, 0.717) is 5.02 Å². The first-order chi connectivity index (χ1) is 10.8. The molecule has 1 aromatic carbocycles. The van der Waals surface area contributed by atoms with E-state index < -0.39 is 0 Å². The van der Waals surface area contributed by atoms with Gasteiger partial charge in [-0.25, -0.2) is 4.98 Å². The molecular weight excluding hydrogens is 333 g/mol. The fourth-order valence-corrected chi connectivity index (χ4v) is 2.48. The highest BCUT2D eigenvalue weighted by Crippen LogP contribution is 2.24. The molecule has 122 valence electrons. The van der Waals surface area contributed by atoms with Crippen molar-refractivity contribution in [3.63, 3.8) is 0 Å². The van der Waals surface area contributed by atoms with Crippen molar-refractivity contribution in [3.8, 4) is 11.3 Å². The van der Waals surface area contributed by atoms with Crippen LogP contribution in [-0.2, 0) is 13.1 Å². The van der Waals surface area contributed by atoms with Crippen molar-refractivity contribution >= 4 is 24.0 Å². The van der Waals surface area contributed by atoms with Crippen LogP contribution in [0.5, 0.6) is 0 Å². The molecule has 0 radical (unpaired) electrons. The zero-order valence-electron chi connectivity index (χ0n) is 12.6. The topological polar surface area (TPSA) is 43.0 Å². The first kappa shape index (κ1) is 17.6. The molecule has 3 aromatic rings. The molecule has 3 rings (SSSR count). The normalized spacial score (nSPS) is 10.5. The Labute approximate surface area is 146 Å². The zero-order chi connectivity index (χ0) is 15.2. The van der Waals surface area contributed by atoms with E-state index in [2.05, 4.69) is 14.9 Å². The molecule has 6 heteroatoms. The van der Waals surface area contributed by atoms with Crippen LogP contribution in [0.2, 0.25) is 5.02 Å². The fraction of sp³-hybridized carbons (Fsp3) is 0.235. The van der Waals surface area contributed by atoms with Crippen molar-refractivity contribution in [1.82, 2.24) is 14.9 Å². The third-order valence-corrected chi connectivity index (χ3v) is 3.63. The summed E-state index contributed by atoms with van der Waals surface area (Å²) in [5, 5.41) is 4.10. The third kappa shape index (κ3) is 5.13. The Kier molecular flexibility index (Phi) is 6.71. The van der Waals surface area contributed by atoms with E-state index in [1.807, 2.05) is 48.9 Å². The summed E-state index contributed by atoms with van der Waals surface area (Å²) >= 11 is 6.00. The molecule has 0 fully saturated rings. The van der Waals surface area contributed by atoms with Gasteiger partial charge in [-0.05, 0) is 37.2 Å². The molecule has 0 unspecified atom stereocenters. The Hall–Kier alpha value is -1.75. The summed E-state index contributed by atoms with van der Waals surface area (Å²) in [5.74, 6) is 1.77. The Morgan fingerprint density at radius 2 is 2.13 bits per heavy atom. The SMILES string of the molecule is Cl.Clc1cccc(-c2ccc(CNCCCn3ccnc3)o2)c1. The van der Waals surface area contributed by atoms with Crippen molar-refractivity contribution in [1.29, 1.82) is 0 Å². The molecule has 1 N–H and O–H groups in total. The minimum atomic E-state index is 0. The number of nitrogens with zero attached hydrogens (tertiary/aromatic N) is 2. The van der Waals surface area contributed by atoms with E-state index in [4.69, 9.17) is 16.0 Å². The number of nitrogens with one attached hydrogen (secondary N) is 1. The standard InChI is InChI=1S/C17H18ClN3O.ClH/c18-15-4-1-3-14(11-15)17-6-5-16(22-17)12-19-7-2-9-21-10-8-20-13-21;/h1,3-6,8,10-11,13,19H,2,7,9,12H2;1H. The van der Waals surface area contributed by atoms with Gasteiger partial charge in [0, 0.05) is 29.5 Å². The molecule has 0 saturated heterocycles. The molecule has 4 nitrogen and oxygen atoms in total. The van der Waals surface area contributed by atoms with Crippen molar-refractivity contribution < 1.29 is 4.42 Å². The molecular formula is C17H19Cl2N3O. The van der Waals surface area contributed by atoms with E-state index in [0.717, 1.165) is 43.1 Å². The molecule has 0 atom stereocenters. The monoisotopic (exact) mass is 351 g/mol. The summed E-state index contributed by atoms with van der Waals surface area (Å²) < 4.78 is 7.92. The van der Waals surface area contributed by atoms with E-state index in [1.165, 1.54) is 0 Å². The maximum atomic E-state index is 6.00. The number of rotatable bonds is 7. The second-order valence-corrected chi connectivity index (χ2v) is 5.54. The molecule has 0 aliphatic rings. The highest BCUT2D eigenvalue weighted by Gasteiger charge is 2.05. The van der Waals surface area contributed by atoms with Crippen LogP contribution in [0.1, 0.15) is 12.2 Å². The molecule has 2 aromatic heterocycles. The molecule has 0 saturated carbocycles. The van der Waals surface area contributed by atoms with E-state index in [1.54, 1.807) is 6.20 Å². The smallest absolute Gasteiger partial charge is 0.134 e. The van der Waals surface area contributed by atoms with Gasteiger partial charge in [0.15, 0.2) is 0 Å². The Morgan fingerprint density at radius 1 is 1.22 bits per heavy atom. The number of aryl methyl sites for hydroxylation is 1. The molecule has 0 aliphatic carbocycles. The van der Waals surface area contributed by atoms with Crippen LogP contribution >= 0.6 is 24.0 Å². The largest absolute Gasteiger partial charge is 0.460 e. The molecule has 23 heavy (non-hydrogen) atoms. The minimum absolute atomic E-state index is 0. The quantitative estimate of drug-likeness (QED) is 0.641. The first-order valence-electron chi connectivity index (χ1n) is 7.32. The average Bonchev–Trinajstić information content (AvgIpc) is 3.18. The van der Waals surface area contributed by atoms with Gasteiger partial charge in [-0.2, -0.15) is 0 Å². The average molecular weight is 352 g/mol. The van der Waals surface area contributed by atoms with Crippen LogP contribution in [0.3, 0.4) is 0 Å². The van der Waals surface area contributed by atoms with Gasteiger partial charge in [0.05, 0.1) is 12.9 Å². The summed E-state index contributed by atoms with van der Waals surface area (Å²) in [6, 6.07) is 11.7. The first-order valence-corrected chi connectivity index (χ1v) is 7.70. The fourth-order valence-electron chi connectivity index (χ4n) is 2.29. The molecule has 0 spiro atoms. The number of benzene rings is 1. The van der Waals surface area contributed by atoms with Gasteiger partial charge in [0.25, 0.3) is 0 Å². The maximum Gasteiger partial charge on any atom is 0.134 e. The lowest BCUT2D eigenvalue weighted by molar-refractivity contribution is 0.484. The number of aromatic nitrogens is 2. The van der Waals surface area contributed by atoms with E-state index in [-0.39, 0.29) is 12.4 Å². The summed E-state index contributed by atoms with van der Waals surface area (Å²) in [5.41, 5.74) is 0.999. The number of hydrogen-bond donors (Lipinski definition) is 1. The predicted molar refractivity (Wildman–Crippen MR) is 95.0 cm³/mol. The summed E-state index contributed by atoms with van der Waals surface area (Å²) in [7, 11) is 0. The van der Waals surface area contributed by atoms with Crippen LogP contribution < -0.4 is 5.32 Å². The summed E-state index contributed by atoms with van der Waals surface area (Å²) in [4.78, 5) is 4.02. The van der Waals surface area contributed by atoms with Crippen LogP contribution in [0.25, 0.3) is 11.3 Å². The number of furan rings is 1. The highest BCUT2D eigenvalue weighted by molar-refractivity contribution is 6.30. The van der Waals surface area contributed by atoms with Crippen molar-refractivity contribution in [2.24, 2.45) is 0 Å². The van der Waals surface area contributed by atoms with Gasteiger partial charge in [0.1, 0.15) is 11.5 Å². The number of hydrogen-bond acceptors (Lipinski definition) is 3. The minimum Gasteiger partial charge on any atom is -0.460 e. The lowest BCUT2D eigenvalue weighted by atomic mass is 10.2. The van der Waals surface area contributed by atoms with Gasteiger partial charge in [-0.15, -0.1) is 12.4 Å². The van der Waals surface area contributed by atoms with Crippen LogP contribution in [0, 0.1) is 0 Å². The summed E-state index contributed by atoms with van der Waals surface area (Å²) in [6.45, 7) is 2.63. The zero-order valence-corrected chi connectivity index (χ0v) is 14.2. The second-order valence-electron chi connectivity index (χ2n) is 5.11. The van der Waals surface area contributed by atoms with Gasteiger partial charge < -0.3 is 14.3 Å². The Balaban J connectivity index is 0.00000192. The van der Waals surface area contributed by atoms with Gasteiger partial charge >= 0.3 is 0 Å². The summed E-state index contributed by atoms with van der Waals surface area (Å²) in [6.07, 6.45) is 6.67. The Bertz CT molecular complexity index is 710. The Morgan fingerprint density at radius 3 is 2.91 bits per heavy atom. The molecule has 0 amide bonds. The predicted octanol–water partition coefficient (Wildman–Crippen LogP) is 4.40. The van der Waals surface area contributed by atoms with Crippen molar-refractivity contribution in [2.75, 3.05) is 6.54 Å². The van der Waals surface area contributed by atoms with Crippen molar-refractivity contribution in [3.05, 3.63) is 65.9 Å². The number of halogens is 2. The lowest BCUT2D eigenvalue weighted by Crippen LogP contribution is -2.15. The second kappa shape index (κ2) is 8.77. The van der Waals surface area contributed by atoms with Gasteiger partial charge in [-0.3, -0.25) is 0 Å². The highest BCUT2D eigenvalue weighted by atomic mass is 35.5. The van der Waals surface area contributed by atoms with Crippen LogP contribution in [-0.4, -0.2) is 16.1 Å². The lowest BCUT2D eigenvalue weighted by Gasteiger charge is -2.04. The molecule has 2 heterocycles. The van der Waals surface area contributed by atoms with Gasteiger partial charge in [-0.1, -0.05) is 23.7 Å². The van der Waals surface area contributed by atoms with E-state index in [9.17, 15) is 0 Å². The number of imidazole rings is 1. The molecule has 0 aliphatic heterocycles. The van der Waals surface area contributed by atoms with Crippen LogP contribution in [0.15, 0.2) is 59.5 Å².